The van der Waals surface area contributed by atoms with Gasteiger partial charge in [0.1, 0.15) is 5.01 Å². The number of hydrogen-bond donors (Lipinski definition) is 1. The van der Waals surface area contributed by atoms with Gasteiger partial charge >= 0.3 is 6.18 Å². The van der Waals surface area contributed by atoms with Crippen LogP contribution in [0.3, 0.4) is 0 Å². The molecule has 1 aliphatic heterocycles. The molecule has 2 aromatic rings. The number of carbonyl (C=O) groups is 1. The second kappa shape index (κ2) is 7.00. The molecule has 1 aromatic carbocycles. The first kappa shape index (κ1) is 18.8. The lowest BCUT2D eigenvalue weighted by atomic mass is 9.90. The van der Waals surface area contributed by atoms with Crippen LogP contribution in [-0.2, 0) is 17.4 Å². The summed E-state index contributed by atoms with van der Waals surface area (Å²) in [7, 11) is 0. The summed E-state index contributed by atoms with van der Waals surface area (Å²) in [6.45, 7) is 3.91. The van der Waals surface area contributed by atoms with Crippen molar-refractivity contribution >= 4 is 17.2 Å². The first-order valence-corrected chi connectivity index (χ1v) is 9.18. The largest absolute Gasteiger partial charge is 0.416 e. The van der Waals surface area contributed by atoms with Crippen molar-refractivity contribution in [2.45, 2.75) is 25.9 Å². The molecule has 1 aromatic heterocycles. The van der Waals surface area contributed by atoms with Gasteiger partial charge in [-0.1, -0.05) is 19.1 Å². The van der Waals surface area contributed by atoms with Crippen LogP contribution in [0.5, 0.6) is 0 Å². The molecule has 1 unspecified atom stereocenters. The van der Waals surface area contributed by atoms with E-state index in [0.29, 0.717) is 35.9 Å². The summed E-state index contributed by atoms with van der Waals surface area (Å²) >= 11 is 1.24. The molecular weight excluding hydrogens is 363 g/mol. The van der Waals surface area contributed by atoms with Gasteiger partial charge in [-0.15, -0.1) is 11.3 Å². The third kappa shape index (κ3) is 4.07. The normalized spacial score (nSPS) is 20.6. The van der Waals surface area contributed by atoms with Gasteiger partial charge in [-0.2, -0.15) is 13.2 Å². The predicted molar refractivity (Wildman–Crippen MR) is 94.6 cm³/mol. The Morgan fingerprint density at radius 1 is 1.42 bits per heavy atom. The standard InChI is InChI=1S/C18H20F3N3OS/c1-17(10-22)5-6-24(11-17)15(25)8-14-9-26-16(23-14)12-3-2-4-13(7-12)18(19,20)21/h2-4,7,9H,5-6,8,10-11,22H2,1H3. The first-order valence-electron chi connectivity index (χ1n) is 8.30. The lowest BCUT2D eigenvalue weighted by molar-refractivity contribution is -0.137. The maximum atomic E-state index is 12.8. The summed E-state index contributed by atoms with van der Waals surface area (Å²) in [5.74, 6) is -0.0249. The fourth-order valence-electron chi connectivity index (χ4n) is 3.02. The van der Waals surface area contributed by atoms with Gasteiger partial charge in [-0.3, -0.25) is 4.79 Å². The third-order valence-electron chi connectivity index (χ3n) is 4.72. The molecule has 26 heavy (non-hydrogen) atoms. The van der Waals surface area contributed by atoms with E-state index in [-0.39, 0.29) is 17.7 Å². The summed E-state index contributed by atoms with van der Waals surface area (Å²) < 4.78 is 38.5. The average Bonchev–Trinajstić information content (AvgIpc) is 3.22. The smallest absolute Gasteiger partial charge is 0.342 e. The van der Waals surface area contributed by atoms with Crippen LogP contribution in [0.1, 0.15) is 24.6 Å². The second-order valence-electron chi connectivity index (χ2n) is 6.98. The topological polar surface area (TPSA) is 59.2 Å². The molecule has 1 amide bonds. The SMILES string of the molecule is CC1(CN)CCN(C(=O)Cc2csc(-c3cccc(C(F)(F)F)c3)n2)C1. The number of rotatable bonds is 4. The van der Waals surface area contributed by atoms with E-state index >= 15 is 0 Å². The van der Waals surface area contributed by atoms with Gasteiger partial charge in [-0.05, 0) is 30.5 Å². The highest BCUT2D eigenvalue weighted by atomic mass is 32.1. The van der Waals surface area contributed by atoms with Gasteiger partial charge in [0.25, 0.3) is 0 Å². The molecule has 0 aliphatic carbocycles. The van der Waals surface area contributed by atoms with Crippen LogP contribution < -0.4 is 5.73 Å². The molecular formula is C18H20F3N3OS. The molecule has 2 N–H and O–H groups in total. The van der Waals surface area contributed by atoms with Crippen molar-refractivity contribution in [3.63, 3.8) is 0 Å². The van der Waals surface area contributed by atoms with E-state index in [1.54, 1.807) is 16.3 Å². The highest BCUT2D eigenvalue weighted by Crippen LogP contribution is 2.33. The maximum Gasteiger partial charge on any atom is 0.416 e. The van der Waals surface area contributed by atoms with Crippen molar-refractivity contribution in [3.05, 3.63) is 40.9 Å². The molecule has 0 spiro atoms. The molecule has 2 heterocycles. The number of halogens is 3. The van der Waals surface area contributed by atoms with Crippen LogP contribution >= 0.6 is 11.3 Å². The van der Waals surface area contributed by atoms with E-state index in [4.69, 9.17) is 5.73 Å². The van der Waals surface area contributed by atoms with Crippen molar-refractivity contribution in [1.82, 2.24) is 9.88 Å². The van der Waals surface area contributed by atoms with Gasteiger partial charge in [0, 0.05) is 24.0 Å². The van der Waals surface area contributed by atoms with Crippen molar-refractivity contribution in [2.75, 3.05) is 19.6 Å². The number of benzene rings is 1. The minimum atomic E-state index is -4.39. The lowest BCUT2D eigenvalue weighted by Crippen LogP contribution is -2.35. The number of alkyl halides is 3. The fraction of sp³-hybridized carbons (Fsp3) is 0.444. The van der Waals surface area contributed by atoms with Crippen LogP contribution in [0.4, 0.5) is 13.2 Å². The van der Waals surface area contributed by atoms with Crippen molar-refractivity contribution < 1.29 is 18.0 Å². The van der Waals surface area contributed by atoms with E-state index < -0.39 is 11.7 Å². The number of carbonyl (C=O) groups excluding carboxylic acids is 1. The number of hydrogen-bond acceptors (Lipinski definition) is 4. The Labute approximate surface area is 153 Å². The van der Waals surface area contributed by atoms with E-state index in [9.17, 15) is 18.0 Å². The van der Waals surface area contributed by atoms with Crippen molar-refractivity contribution in [2.24, 2.45) is 11.1 Å². The Morgan fingerprint density at radius 3 is 2.85 bits per heavy atom. The molecule has 1 aliphatic rings. The summed E-state index contributed by atoms with van der Waals surface area (Å²) in [5.41, 5.74) is 6.00. The van der Waals surface area contributed by atoms with Crippen LogP contribution in [-0.4, -0.2) is 35.4 Å². The molecule has 8 heteroatoms. The van der Waals surface area contributed by atoms with E-state index in [1.165, 1.54) is 17.4 Å². The minimum absolute atomic E-state index is 0.0249. The zero-order valence-electron chi connectivity index (χ0n) is 14.3. The molecule has 1 saturated heterocycles. The molecule has 0 bridgehead atoms. The summed E-state index contributed by atoms with van der Waals surface area (Å²) in [5, 5.41) is 2.21. The average molecular weight is 383 g/mol. The number of amides is 1. The number of nitrogens with zero attached hydrogens (tertiary/aromatic N) is 2. The number of likely N-dealkylation sites (tertiary alicyclic amines) is 1. The monoisotopic (exact) mass is 383 g/mol. The molecule has 4 nitrogen and oxygen atoms in total. The molecule has 3 rings (SSSR count). The number of aromatic nitrogens is 1. The zero-order chi connectivity index (χ0) is 18.9. The molecule has 140 valence electrons. The van der Waals surface area contributed by atoms with Crippen LogP contribution in [0.2, 0.25) is 0 Å². The Hall–Kier alpha value is -1.93. The molecule has 1 atom stereocenters. The number of nitrogens with two attached hydrogens (primary N) is 1. The van der Waals surface area contributed by atoms with Crippen LogP contribution in [0, 0.1) is 5.41 Å². The second-order valence-corrected chi connectivity index (χ2v) is 7.84. The summed E-state index contributed by atoms with van der Waals surface area (Å²) in [6.07, 6.45) is -3.37. The van der Waals surface area contributed by atoms with Gasteiger partial charge in [0.2, 0.25) is 5.91 Å². The van der Waals surface area contributed by atoms with Crippen molar-refractivity contribution in [3.8, 4) is 10.6 Å². The molecule has 1 fully saturated rings. The Morgan fingerprint density at radius 2 is 2.19 bits per heavy atom. The highest BCUT2D eigenvalue weighted by Gasteiger charge is 2.35. The van der Waals surface area contributed by atoms with Gasteiger partial charge in [0.15, 0.2) is 0 Å². The molecule has 0 radical (unpaired) electrons. The van der Waals surface area contributed by atoms with Gasteiger partial charge < -0.3 is 10.6 Å². The number of thiazole rings is 1. The van der Waals surface area contributed by atoms with Crippen LogP contribution in [0.15, 0.2) is 29.6 Å². The Bertz CT molecular complexity index is 805. The molecule has 0 saturated carbocycles. The maximum absolute atomic E-state index is 12.8. The van der Waals surface area contributed by atoms with Crippen LogP contribution in [0.25, 0.3) is 10.6 Å². The predicted octanol–water partition coefficient (Wildman–Crippen LogP) is 3.57. The fourth-order valence-corrected chi connectivity index (χ4v) is 3.84. The van der Waals surface area contributed by atoms with Gasteiger partial charge in [0.05, 0.1) is 17.7 Å². The third-order valence-corrected chi connectivity index (χ3v) is 5.66. The summed E-state index contributed by atoms with van der Waals surface area (Å²) in [4.78, 5) is 18.6. The van der Waals surface area contributed by atoms with Gasteiger partial charge in [-0.25, -0.2) is 4.98 Å². The quantitative estimate of drug-likeness (QED) is 0.878. The van der Waals surface area contributed by atoms with Crippen molar-refractivity contribution in [1.29, 1.82) is 0 Å². The van der Waals surface area contributed by atoms with E-state index in [2.05, 4.69) is 11.9 Å². The first-order chi connectivity index (χ1) is 12.2. The minimum Gasteiger partial charge on any atom is -0.342 e. The van der Waals surface area contributed by atoms with E-state index in [1.807, 2.05) is 0 Å². The Kier molecular flexibility index (Phi) is 5.07. The highest BCUT2D eigenvalue weighted by molar-refractivity contribution is 7.13. The zero-order valence-corrected chi connectivity index (χ0v) is 15.2. The Balaban J connectivity index is 1.70. The van der Waals surface area contributed by atoms with E-state index in [0.717, 1.165) is 18.6 Å². The summed E-state index contributed by atoms with van der Waals surface area (Å²) in [6, 6.07) is 5.07. The lowest BCUT2D eigenvalue weighted by Gasteiger charge is -2.22.